The molecule has 1 aromatic carbocycles. The number of carbonyl (C=O) groups excluding carboxylic acids is 1. The Labute approximate surface area is 152 Å². The first-order chi connectivity index (χ1) is 12.3. The molecule has 0 spiro atoms. The first kappa shape index (κ1) is 18.4. The van der Waals surface area contributed by atoms with Gasteiger partial charge in [-0.2, -0.15) is 5.10 Å². The number of aromatic nitrogens is 2. The summed E-state index contributed by atoms with van der Waals surface area (Å²) in [4.78, 5) is 12.0. The summed E-state index contributed by atoms with van der Waals surface area (Å²) >= 11 is 0. The highest BCUT2D eigenvalue weighted by atomic mass is 19.1. The smallest absolute Gasteiger partial charge is 0.412 e. The number of rotatable bonds is 3. The lowest BCUT2D eigenvalue weighted by atomic mass is 10.1. The minimum Gasteiger partial charge on any atom is -0.444 e. The summed E-state index contributed by atoms with van der Waals surface area (Å²) in [5.41, 5.74) is 0.372. The van der Waals surface area contributed by atoms with E-state index in [-0.39, 0.29) is 11.9 Å². The zero-order valence-electron chi connectivity index (χ0n) is 15.3. The minimum absolute atomic E-state index is 0.0639. The third kappa shape index (κ3) is 4.22. The van der Waals surface area contributed by atoms with Gasteiger partial charge in [-0.3, -0.25) is 5.32 Å². The summed E-state index contributed by atoms with van der Waals surface area (Å²) in [6, 6.07) is 6.59. The van der Waals surface area contributed by atoms with Crippen molar-refractivity contribution >= 4 is 11.8 Å². The molecule has 0 bridgehead atoms. The van der Waals surface area contributed by atoms with Crippen molar-refractivity contribution in [2.24, 2.45) is 0 Å². The zero-order chi connectivity index (χ0) is 18.7. The summed E-state index contributed by atoms with van der Waals surface area (Å²) in [6.07, 6.45) is 3.64. The topological polar surface area (TPSA) is 65.4 Å². The summed E-state index contributed by atoms with van der Waals surface area (Å²) in [5, 5.41) is 6.78. The van der Waals surface area contributed by atoms with Gasteiger partial charge in [-0.25, -0.2) is 13.9 Å². The molecule has 1 N–H and O–H groups in total. The van der Waals surface area contributed by atoms with Crippen LogP contribution in [0.15, 0.2) is 30.5 Å². The van der Waals surface area contributed by atoms with Gasteiger partial charge in [0.1, 0.15) is 5.60 Å². The van der Waals surface area contributed by atoms with Crippen LogP contribution in [0.2, 0.25) is 0 Å². The molecule has 2 heterocycles. The van der Waals surface area contributed by atoms with Crippen molar-refractivity contribution in [1.29, 1.82) is 0 Å². The van der Waals surface area contributed by atoms with Crippen LogP contribution in [0, 0.1) is 5.82 Å². The van der Waals surface area contributed by atoms with Gasteiger partial charge in [0.15, 0.2) is 12.0 Å². The van der Waals surface area contributed by atoms with Gasteiger partial charge < -0.3 is 9.47 Å². The van der Waals surface area contributed by atoms with Crippen LogP contribution in [-0.4, -0.2) is 28.1 Å². The monoisotopic (exact) mass is 361 g/mol. The molecule has 1 aliphatic rings. The zero-order valence-corrected chi connectivity index (χ0v) is 15.3. The van der Waals surface area contributed by atoms with Crippen molar-refractivity contribution in [2.75, 3.05) is 11.9 Å². The first-order valence-corrected chi connectivity index (χ1v) is 8.79. The molecule has 1 aliphatic heterocycles. The second-order valence-electron chi connectivity index (χ2n) is 7.28. The number of amides is 1. The van der Waals surface area contributed by atoms with Crippen LogP contribution in [0.5, 0.6) is 0 Å². The molecule has 26 heavy (non-hydrogen) atoms. The van der Waals surface area contributed by atoms with E-state index >= 15 is 4.39 Å². The SMILES string of the molecule is CC(C)(C)OC(=O)Nc1cccc(-c2ccnn2C2CCCCO2)c1F. The number of hydrogen-bond donors (Lipinski definition) is 1. The summed E-state index contributed by atoms with van der Waals surface area (Å²) < 4.78 is 27.7. The molecule has 0 saturated carbocycles. The first-order valence-electron chi connectivity index (χ1n) is 8.79. The number of anilines is 1. The molecule has 1 amide bonds. The fourth-order valence-electron chi connectivity index (χ4n) is 2.91. The molecule has 0 aliphatic carbocycles. The molecule has 3 rings (SSSR count). The predicted molar refractivity (Wildman–Crippen MR) is 96.3 cm³/mol. The maximum atomic E-state index is 15.0. The number of benzene rings is 1. The lowest BCUT2D eigenvalue weighted by Gasteiger charge is -2.25. The van der Waals surface area contributed by atoms with Crippen molar-refractivity contribution in [3.63, 3.8) is 0 Å². The van der Waals surface area contributed by atoms with E-state index in [1.165, 1.54) is 6.07 Å². The van der Waals surface area contributed by atoms with Gasteiger partial charge in [0, 0.05) is 18.4 Å². The van der Waals surface area contributed by atoms with Crippen LogP contribution in [0.3, 0.4) is 0 Å². The number of halogens is 1. The van der Waals surface area contributed by atoms with Crippen LogP contribution in [0.4, 0.5) is 14.9 Å². The minimum atomic E-state index is -0.697. The summed E-state index contributed by atoms with van der Waals surface area (Å²) in [6.45, 7) is 5.93. The fourth-order valence-corrected chi connectivity index (χ4v) is 2.91. The number of ether oxygens (including phenoxy) is 2. The van der Waals surface area contributed by atoms with E-state index in [2.05, 4.69) is 10.4 Å². The molecule has 0 radical (unpaired) electrons. The second kappa shape index (κ2) is 7.45. The molecule has 6 nitrogen and oxygen atoms in total. The van der Waals surface area contributed by atoms with Crippen molar-refractivity contribution < 1.29 is 18.7 Å². The lowest BCUT2D eigenvalue weighted by Crippen LogP contribution is -2.27. The molecule has 140 valence electrons. The fraction of sp³-hybridized carbons (Fsp3) is 0.474. The number of nitrogens with one attached hydrogen (secondary N) is 1. The maximum absolute atomic E-state index is 15.0. The van der Waals surface area contributed by atoms with Crippen LogP contribution in [0.1, 0.15) is 46.3 Å². The third-order valence-electron chi connectivity index (χ3n) is 4.01. The van der Waals surface area contributed by atoms with E-state index in [1.807, 2.05) is 0 Å². The number of nitrogens with zero attached hydrogens (tertiary/aromatic N) is 2. The molecule has 1 atom stereocenters. The van der Waals surface area contributed by atoms with Crippen LogP contribution < -0.4 is 5.32 Å². The van der Waals surface area contributed by atoms with Gasteiger partial charge >= 0.3 is 6.09 Å². The van der Waals surface area contributed by atoms with Gasteiger partial charge in [-0.15, -0.1) is 0 Å². The quantitative estimate of drug-likeness (QED) is 0.858. The molecular weight excluding hydrogens is 337 g/mol. The van der Waals surface area contributed by atoms with E-state index in [0.717, 1.165) is 19.3 Å². The second-order valence-corrected chi connectivity index (χ2v) is 7.28. The molecule has 1 aromatic heterocycles. The van der Waals surface area contributed by atoms with Crippen LogP contribution in [0.25, 0.3) is 11.3 Å². The van der Waals surface area contributed by atoms with Gasteiger partial charge in [0.05, 0.1) is 11.4 Å². The normalized spacial score (nSPS) is 17.8. The van der Waals surface area contributed by atoms with Crippen LogP contribution >= 0.6 is 0 Å². The molecule has 1 fully saturated rings. The van der Waals surface area contributed by atoms with Gasteiger partial charge in [0.25, 0.3) is 0 Å². The Kier molecular flexibility index (Phi) is 5.27. The summed E-state index contributed by atoms with van der Waals surface area (Å²) in [7, 11) is 0. The third-order valence-corrected chi connectivity index (χ3v) is 4.01. The molecular formula is C19H24FN3O3. The van der Waals surface area contributed by atoms with E-state index in [0.29, 0.717) is 17.9 Å². The highest BCUT2D eigenvalue weighted by Gasteiger charge is 2.23. The molecule has 1 unspecified atom stereocenters. The standard InChI is InChI=1S/C19H24FN3O3/c1-19(2,3)26-18(24)22-14-8-6-7-13(17(14)20)15-10-11-21-23(15)16-9-4-5-12-25-16/h6-8,10-11,16H,4-5,9,12H2,1-3H3,(H,22,24). The Morgan fingerprint density at radius 1 is 1.35 bits per heavy atom. The average Bonchev–Trinajstić information content (AvgIpc) is 3.05. The summed E-state index contributed by atoms with van der Waals surface area (Å²) in [5.74, 6) is -0.532. The number of carbonyl (C=O) groups is 1. The Morgan fingerprint density at radius 3 is 2.85 bits per heavy atom. The van der Waals surface area contributed by atoms with E-state index in [9.17, 15) is 4.79 Å². The van der Waals surface area contributed by atoms with Crippen LogP contribution in [-0.2, 0) is 9.47 Å². The van der Waals surface area contributed by atoms with E-state index in [4.69, 9.17) is 9.47 Å². The van der Waals surface area contributed by atoms with Gasteiger partial charge in [-0.05, 0) is 58.2 Å². The Hall–Kier alpha value is -2.41. The average molecular weight is 361 g/mol. The lowest BCUT2D eigenvalue weighted by molar-refractivity contribution is -0.0383. The Balaban J connectivity index is 1.86. The predicted octanol–water partition coefficient (Wildman–Crippen LogP) is 4.74. The Bertz CT molecular complexity index is 777. The largest absolute Gasteiger partial charge is 0.444 e. The molecule has 2 aromatic rings. The van der Waals surface area contributed by atoms with E-state index < -0.39 is 17.5 Å². The molecule has 7 heteroatoms. The maximum Gasteiger partial charge on any atom is 0.412 e. The van der Waals surface area contributed by atoms with Gasteiger partial charge in [0.2, 0.25) is 0 Å². The van der Waals surface area contributed by atoms with Crippen molar-refractivity contribution in [2.45, 2.75) is 51.9 Å². The number of hydrogen-bond acceptors (Lipinski definition) is 4. The van der Waals surface area contributed by atoms with E-state index in [1.54, 1.807) is 49.8 Å². The van der Waals surface area contributed by atoms with Gasteiger partial charge in [-0.1, -0.05) is 6.07 Å². The van der Waals surface area contributed by atoms with Crippen molar-refractivity contribution in [3.05, 3.63) is 36.3 Å². The van der Waals surface area contributed by atoms with Crippen molar-refractivity contribution in [3.8, 4) is 11.3 Å². The van der Waals surface area contributed by atoms with Crippen molar-refractivity contribution in [1.82, 2.24) is 9.78 Å². The Morgan fingerprint density at radius 2 is 2.15 bits per heavy atom. The molecule has 1 saturated heterocycles. The highest BCUT2D eigenvalue weighted by Crippen LogP contribution is 2.32. The highest BCUT2D eigenvalue weighted by molar-refractivity contribution is 5.86.